The van der Waals surface area contributed by atoms with Crippen molar-refractivity contribution in [2.45, 2.75) is 20.3 Å². The summed E-state index contributed by atoms with van der Waals surface area (Å²) in [5.74, 6) is -0.0137. The highest BCUT2D eigenvalue weighted by molar-refractivity contribution is 7.92. The first-order valence-electron chi connectivity index (χ1n) is 6.35. The summed E-state index contributed by atoms with van der Waals surface area (Å²) >= 11 is 0. The van der Waals surface area contributed by atoms with Crippen LogP contribution in [0.2, 0.25) is 0 Å². The number of esters is 1. The summed E-state index contributed by atoms with van der Waals surface area (Å²) in [6.45, 7) is 3.58. The van der Waals surface area contributed by atoms with E-state index in [0.717, 1.165) is 0 Å². The van der Waals surface area contributed by atoms with Crippen LogP contribution in [0.15, 0.2) is 24.3 Å². The molecule has 6 nitrogen and oxygen atoms in total. The number of ether oxygens (including phenoxy) is 2. The molecule has 1 aromatic carbocycles. The Bertz CT molecular complexity index is 541. The molecule has 1 N–H and O–H groups in total. The molecule has 0 spiro atoms. The highest BCUT2D eigenvalue weighted by atomic mass is 32.2. The second-order valence-electron chi connectivity index (χ2n) is 4.04. The Labute approximate surface area is 119 Å². The molecule has 0 heterocycles. The predicted molar refractivity (Wildman–Crippen MR) is 76.3 cm³/mol. The fourth-order valence-corrected chi connectivity index (χ4v) is 2.62. The van der Waals surface area contributed by atoms with Crippen LogP contribution in [0, 0.1) is 0 Å². The van der Waals surface area contributed by atoms with E-state index < -0.39 is 16.0 Å². The van der Waals surface area contributed by atoms with Gasteiger partial charge in [-0.15, -0.1) is 0 Å². The van der Waals surface area contributed by atoms with Gasteiger partial charge in [0.05, 0.1) is 18.0 Å². The molecular weight excluding hydrogens is 282 g/mol. The minimum Gasteiger partial charge on any atom is -0.482 e. The van der Waals surface area contributed by atoms with E-state index in [-0.39, 0.29) is 12.4 Å². The first-order valence-corrected chi connectivity index (χ1v) is 8.01. The molecule has 0 aliphatic carbocycles. The van der Waals surface area contributed by atoms with Gasteiger partial charge < -0.3 is 9.47 Å². The van der Waals surface area contributed by atoms with Gasteiger partial charge in [0.15, 0.2) is 6.61 Å². The maximum Gasteiger partial charge on any atom is 0.344 e. The van der Waals surface area contributed by atoms with Crippen molar-refractivity contribution in [3.05, 3.63) is 24.3 Å². The van der Waals surface area contributed by atoms with E-state index >= 15 is 0 Å². The second-order valence-corrected chi connectivity index (χ2v) is 5.88. The van der Waals surface area contributed by atoms with E-state index in [4.69, 9.17) is 9.47 Å². The number of carbonyl (C=O) groups is 1. The van der Waals surface area contributed by atoms with Crippen molar-refractivity contribution >= 4 is 21.7 Å². The topological polar surface area (TPSA) is 81.7 Å². The number of anilines is 1. The molecule has 0 amide bonds. The Morgan fingerprint density at radius 2 is 2.05 bits per heavy atom. The molecule has 0 saturated carbocycles. The van der Waals surface area contributed by atoms with Gasteiger partial charge in [0, 0.05) is 6.07 Å². The minimum atomic E-state index is -3.34. The first-order chi connectivity index (χ1) is 9.46. The van der Waals surface area contributed by atoms with Crippen molar-refractivity contribution in [3.63, 3.8) is 0 Å². The van der Waals surface area contributed by atoms with Gasteiger partial charge in [0.25, 0.3) is 0 Å². The zero-order valence-electron chi connectivity index (χ0n) is 11.6. The Balaban J connectivity index is 2.64. The lowest BCUT2D eigenvalue weighted by Crippen LogP contribution is -2.16. The zero-order chi connectivity index (χ0) is 15.0. The Kier molecular flexibility index (Phi) is 6.30. The molecule has 0 atom stereocenters. The third-order valence-corrected chi connectivity index (χ3v) is 3.73. The maximum atomic E-state index is 11.6. The van der Waals surface area contributed by atoms with Gasteiger partial charge >= 0.3 is 5.97 Å². The molecule has 0 bridgehead atoms. The molecule has 1 aromatic rings. The molecule has 0 radical (unpaired) electrons. The minimum absolute atomic E-state index is 0.0565. The number of hydrogen-bond acceptors (Lipinski definition) is 5. The smallest absolute Gasteiger partial charge is 0.344 e. The van der Waals surface area contributed by atoms with E-state index in [0.29, 0.717) is 24.5 Å². The van der Waals surface area contributed by atoms with Gasteiger partial charge in [0.2, 0.25) is 10.0 Å². The van der Waals surface area contributed by atoms with E-state index in [9.17, 15) is 13.2 Å². The fraction of sp³-hybridized carbons (Fsp3) is 0.462. The van der Waals surface area contributed by atoms with Gasteiger partial charge in [-0.25, -0.2) is 13.2 Å². The van der Waals surface area contributed by atoms with Crippen LogP contribution >= 0.6 is 0 Å². The number of benzene rings is 1. The van der Waals surface area contributed by atoms with Gasteiger partial charge in [0.1, 0.15) is 5.75 Å². The zero-order valence-corrected chi connectivity index (χ0v) is 12.4. The second kappa shape index (κ2) is 7.74. The van der Waals surface area contributed by atoms with Crippen LogP contribution in [0.3, 0.4) is 0 Å². The van der Waals surface area contributed by atoms with E-state index in [1.807, 2.05) is 0 Å². The molecule has 112 valence electrons. The average Bonchev–Trinajstić information content (AvgIpc) is 2.36. The van der Waals surface area contributed by atoms with Crippen molar-refractivity contribution in [3.8, 4) is 5.75 Å². The molecule has 0 unspecified atom stereocenters. The van der Waals surface area contributed by atoms with Gasteiger partial charge in [-0.1, -0.05) is 13.0 Å². The summed E-state index contributed by atoms with van der Waals surface area (Å²) in [6.07, 6.45) is 0.536. The van der Waals surface area contributed by atoms with Crippen molar-refractivity contribution in [2.75, 3.05) is 23.7 Å². The number of rotatable bonds is 8. The molecule has 1 rings (SSSR count). The average molecular weight is 301 g/mol. The summed E-state index contributed by atoms with van der Waals surface area (Å²) in [5.41, 5.74) is 0.403. The van der Waals surface area contributed by atoms with Gasteiger partial charge in [-0.2, -0.15) is 0 Å². The molecule has 0 saturated heterocycles. The van der Waals surface area contributed by atoms with Crippen LogP contribution in [0.1, 0.15) is 20.3 Å². The van der Waals surface area contributed by atoms with Gasteiger partial charge in [-0.3, -0.25) is 4.72 Å². The van der Waals surface area contributed by atoms with Crippen LogP contribution in [0.25, 0.3) is 0 Å². The summed E-state index contributed by atoms with van der Waals surface area (Å²) in [4.78, 5) is 11.2. The monoisotopic (exact) mass is 301 g/mol. The number of hydrogen-bond donors (Lipinski definition) is 1. The third kappa shape index (κ3) is 5.92. The van der Waals surface area contributed by atoms with Gasteiger partial charge in [-0.05, 0) is 25.5 Å². The maximum absolute atomic E-state index is 11.6. The number of carbonyl (C=O) groups excluding carboxylic acids is 1. The number of nitrogens with one attached hydrogen (secondary N) is 1. The van der Waals surface area contributed by atoms with Crippen LogP contribution in [-0.4, -0.2) is 33.4 Å². The predicted octanol–water partition coefficient (Wildman–Crippen LogP) is 1.78. The van der Waals surface area contributed by atoms with Crippen LogP contribution in [0.4, 0.5) is 5.69 Å². The van der Waals surface area contributed by atoms with Crippen molar-refractivity contribution in [1.29, 1.82) is 0 Å². The van der Waals surface area contributed by atoms with E-state index in [2.05, 4.69) is 4.72 Å². The highest BCUT2D eigenvalue weighted by Gasteiger charge is 2.09. The summed E-state index contributed by atoms with van der Waals surface area (Å²) in [6, 6.07) is 6.41. The molecular formula is C13H19NO5S. The van der Waals surface area contributed by atoms with Crippen molar-refractivity contribution in [2.24, 2.45) is 0 Å². The molecule has 7 heteroatoms. The SMILES string of the molecule is CCCS(=O)(=O)Nc1cccc(OCC(=O)OCC)c1. The first kappa shape index (κ1) is 16.3. The third-order valence-electron chi connectivity index (χ3n) is 2.24. The molecule has 0 aliphatic rings. The van der Waals surface area contributed by atoms with Crippen molar-refractivity contribution < 1.29 is 22.7 Å². The Morgan fingerprint density at radius 1 is 1.30 bits per heavy atom. The molecule has 0 fully saturated rings. The van der Waals surface area contributed by atoms with Crippen LogP contribution in [0.5, 0.6) is 5.75 Å². The lowest BCUT2D eigenvalue weighted by atomic mass is 10.3. The normalized spacial score (nSPS) is 10.9. The largest absolute Gasteiger partial charge is 0.482 e. The summed E-state index contributed by atoms with van der Waals surface area (Å²) < 4.78 is 35.7. The van der Waals surface area contributed by atoms with Crippen LogP contribution in [-0.2, 0) is 19.6 Å². The lowest BCUT2D eigenvalue weighted by molar-refractivity contribution is -0.145. The highest BCUT2D eigenvalue weighted by Crippen LogP contribution is 2.18. The Morgan fingerprint density at radius 3 is 2.70 bits per heavy atom. The summed E-state index contributed by atoms with van der Waals surface area (Å²) in [7, 11) is -3.34. The van der Waals surface area contributed by atoms with E-state index in [1.54, 1.807) is 32.0 Å². The molecule has 0 aromatic heterocycles. The Hall–Kier alpha value is -1.76. The quantitative estimate of drug-likeness (QED) is 0.740. The molecule has 0 aliphatic heterocycles. The summed E-state index contributed by atoms with van der Waals surface area (Å²) in [5, 5.41) is 0. The van der Waals surface area contributed by atoms with E-state index in [1.165, 1.54) is 6.07 Å². The van der Waals surface area contributed by atoms with Crippen LogP contribution < -0.4 is 9.46 Å². The lowest BCUT2D eigenvalue weighted by Gasteiger charge is -2.09. The molecule has 20 heavy (non-hydrogen) atoms. The standard InChI is InChI=1S/C13H19NO5S/c1-3-8-20(16,17)14-11-6-5-7-12(9-11)19-10-13(15)18-4-2/h5-7,9,14H,3-4,8,10H2,1-2H3. The number of sulfonamides is 1. The fourth-order valence-electron chi connectivity index (χ4n) is 1.49. The van der Waals surface area contributed by atoms with Crippen molar-refractivity contribution in [1.82, 2.24) is 0 Å².